The molecule has 0 amide bonds. The van der Waals surface area contributed by atoms with Crippen LogP contribution in [0.1, 0.15) is 37.8 Å². The number of aryl methyl sites for hydroxylation is 1. The van der Waals surface area contributed by atoms with Crippen LogP contribution in [0.2, 0.25) is 0 Å². The normalized spacial score (nSPS) is 16.0. The van der Waals surface area contributed by atoms with Gasteiger partial charge in [-0.05, 0) is 25.8 Å². The van der Waals surface area contributed by atoms with Gasteiger partial charge < -0.3 is 10.1 Å². The van der Waals surface area contributed by atoms with Crippen LogP contribution in [0.25, 0.3) is 0 Å². The molecule has 1 N–H and O–H groups in total. The second kappa shape index (κ2) is 4.69. The largest absolute Gasteiger partial charge is 0.496 e. The molecule has 2 rings (SSSR count). The molecular weight excluding hydrogens is 210 g/mol. The third-order valence-electron chi connectivity index (χ3n) is 3.49. The van der Waals surface area contributed by atoms with Crippen molar-refractivity contribution in [3.8, 4) is 5.75 Å². The summed E-state index contributed by atoms with van der Waals surface area (Å²) < 4.78 is 5.48. The van der Waals surface area contributed by atoms with Gasteiger partial charge in [0.25, 0.3) is 0 Å². The van der Waals surface area contributed by atoms with Gasteiger partial charge >= 0.3 is 0 Å². The van der Waals surface area contributed by atoms with Crippen molar-refractivity contribution in [2.45, 2.75) is 45.1 Å². The molecule has 1 fully saturated rings. The smallest absolute Gasteiger partial charge is 0.122 e. The first-order valence-electron chi connectivity index (χ1n) is 6.41. The minimum Gasteiger partial charge on any atom is -0.496 e. The summed E-state index contributed by atoms with van der Waals surface area (Å²) in [5.41, 5.74) is 2.70. The van der Waals surface area contributed by atoms with Crippen LogP contribution in [-0.4, -0.2) is 19.7 Å². The molecule has 1 aromatic rings. The highest BCUT2D eigenvalue weighted by Gasteiger charge is 2.28. The molecule has 0 aromatic heterocycles. The maximum Gasteiger partial charge on any atom is 0.122 e. The molecule has 1 aliphatic carbocycles. The molecule has 0 heterocycles. The lowest BCUT2D eigenvalue weighted by atomic mass is 9.83. The molecule has 2 nitrogen and oxygen atoms in total. The Hall–Kier alpha value is -1.02. The zero-order valence-electron chi connectivity index (χ0n) is 11.3. The molecule has 94 valence electrons. The van der Waals surface area contributed by atoms with Gasteiger partial charge in [0.1, 0.15) is 5.75 Å². The van der Waals surface area contributed by atoms with Crippen molar-refractivity contribution in [2.24, 2.45) is 0 Å². The van der Waals surface area contributed by atoms with Crippen molar-refractivity contribution >= 4 is 0 Å². The highest BCUT2D eigenvalue weighted by atomic mass is 16.5. The molecule has 0 unspecified atom stereocenters. The second-order valence-corrected chi connectivity index (χ2v) is 5.74. The van der Waals surface area contributed by atoms with Crippen molar-refractivity contribution in [1.29, 1.82) is 0 Å². The van der Waals surface area contributed by atoms with E-state index in [-0.39, 0.29) is 5.41 Å². The van der Waals surface area contributed by atoms with E-state index >= 15 is 0 Å². The number of ether oxygens (including phenoxy) is 1. The van der Waals surface area contributed by atoms with Gasteiger partial charge in [-0.2, -0.15) is 0 Å². The van der Waals surface area contributed by atoms with Gasteiger partial charge in [0.15, 0.2) is 0 Å². The monoisotopic (exact) mass is 233 g/mol. The number of hydrogen-bond donors (Lipinski definition) is 1. The van der Waals surface area contributed by atoms with Gasteiger partial charge in [-0.25, -0.2) is 0 Å². The van der Waals surface area contributed by atoms with Crippen LogP contribution in [-0.2, 0) is 5.41 Å². The van der Waals surface area contributed by atoms with Gasteiger partial charge in [0, 0.05) is 23.6 Å². The Bertz CT molecular complexity index is 394. The third kappa shape index (κ3) is 3.01. The molecule has 1 aliphatic rings. The lowest BCUT2D eigenvalue weighted by Gasteiger charge is -2.28. The van der Waals surface area contributed by atoms with Crippen LogP contribution < -0.4 is 10.1 Å². The molecule has 0 aliphatic heterocycles. The van der Waals surface area contributed by atoms with Crippen LogP contribution in [0.3, 0.4) is 0 Å². The average molecular weight is 233 g/mol. The number of hydrogen-bond acceptors (Lipinski definition) is 2. The van der Waals surface area contributed by atoms with Crippen molar-refractivity contribution in [3.05, 3.63) is 29.3 Å². The first-order chi connectivity index (χ1) is 8.03. The Labute approximate surface area is 104 Å². The van der Waals surface area contributed by atoms with Crippen molar-refractivity contribution in [3.63, 3.8) is 0 Å². The summed E-state index contributed by atoms with van der Waals surface area (Å²) in [6.07, 6.45) is 2.67. The van der Waals surface area contributed by atoms with Gasteiger partial charge in [0.05, 0.1) is 7.11 Å². The van der Waals surface area contributed by atoms with E-state index in [1.54, 1.807) is 7.11 Å². The average Bonchev–Trinajstić information content (AvgIpc) is 3.10. The van der Waals surface area contributed by atoms with Gasteiger partial charge in [0.2, 0.25) is 0 Å². The summed E-state index contributed by atoms with van der Waals surface area (Å²) in [5.74, 6) is 0.998. The van der Waals surface area contributed by atoms with Crippen LogP contribution in [0.4, 0.5) is 0 Å². The predicted molar refractivity (Wildman–Crippen MR) is 71.8 cm³/mol. The highest BCUT2D eigenvalue weighted by molar-refractivity contribution is 5.42. The van der Waals surface area contributed by atoms with Gasteiger partial charge in [-0.3, -0.25) is 0 Å². The Morgan fingerprint density at radius 1 is 1.35 bits per heavy atom. The number of rotatable bonds is 5. The quantitative estimate of drug-likeness (QED) is 0.844. The molecule has 1 saturated carbocycles. The van der Waals surface area contributed by atoms with Crippen LogP contribution >= 0.6 is 0 Å². The lowest BCUT2D eigenvalue weighted by molar-refractivity contribution is 0.385. The van der Waals surface area contributed by atoms with Crippen molar-refractivity contribution < 1.29 is 4.74 Å². The van der Waals surface area contributed by atoms with E-state index in [0.29, 0.717) is 0 Å². The van der Waals surface area contributed by atoms with Crippen LogP contribution in [0.15, 0.2) is 18.2 Å². The van der Waals surface area contributed by atoms with Crippen molar-refractivity contribution in [1.82, 2.24) is 5.32 Å². The van der Waals surface area contributed by atoms with E-state index in [4.69, 9.17) is 4.74 Å². The molecule has 0 radical (unpaired) electrons. The standard InChI is InChI=1S/C15H23NO/c1-11-5-8-14(17-4)13(9-11)15(2,3)10-16-12-6-7-12/h5,8-9,12,16H,6-7,10H2,1-4H3. The highest BCUT2D eigenvalue weighted by Crippen LogP contribution is 2.32. The Balaban J connectivity index is 2.19. The third-order valence-corrected chi connectivity index (χ3v) is 3.49. The Morgan fingerprint density at radius 3 is 2.65 bits per heavy atom. The zero-order valence-corrected chi connectivity index (χ0v) is 11.3. The maximum atomic E-state index is 5.48. The summed E-state index contributed by atoms with van der Waals surface area (Å²) in [4.78, 5) is 0. The first-order valence-corrected chi connectivity index (χ1v) is 6.41. The minimum atomic E-state index is 0.111. The summed E-state index contributed by atoms with van der Waals surface area (Å²) >= 11 is 0. The molecule has 2 heteroatoms. The molecule has 0 bridgehead atoms. The Morgan fingerprint density at radius 2 is 2.06 bits per heavy atom. The zero-order chi connectivity index (χ0) is 12.5. The number of methoxy groups -OCH3 is 1. The summed E-state index contributed by atoms with van der Waals surface area (Å²) in [5, 5.41) is 3.61. The van der Waals surface area contributed by atoms with E-state index in [9.17, 15) is 0 Å². The van der Waals surface area contributed by atoms with E-state index in [0.717, 1.165) is 18.3 Å². The Kier molecular flexibility index (Phi) is 3.43. The lowest BCUT2D eigenvalue weighted by Crippen LogP contribution is -2.34. The number of benzene rings is 1. The minimum absolute atomic E-state index is 0.111. The van der Waals surface area contributed by atoms with E-state index in [2.05, 4.69) is 44.3 Å². The molecule has 1 aromatic carbocycles. The fourth-order valence-electron chi connectivity index (χ4n) is 2.13. The SMILES string of the molecule is COc1ccc(C)cc1C(C)(C)CNC1CC1. The van der Waals surface area contributed by atoms with E-state index < -0.39 is 0 Å². The summed E-state index contributed by atoms with van der Waals surface area (Å²) in [6.45, 7) is 7.70. The van der Waals surface area contributed by atoms with E-state index in [1.807, 2.05) is 0 Å². The molecule has 0 spiro atoms. The maximum absolute atomic E-state index is 5.48. The van der Waals surface area contributed by atoms with Gasteiger partial charge in [-0.1, -0.05) is 31.5 Å². The predicted octanol–water partition coefficient (Wildman–Crippen LogP) is 3.03. The summed E-state index contributed by atoms with van der Waals surface area (Å²) in [7, 11) is 1.75. The van der Waals surface area contributed by atoms with Crippen LogP contribution in [0.5, 0.6) is 5.75 Å². The van der Waals surface area contributed by atoms with E-state index in [1.165, 1.54) is 24.0 Å². The molecule has 17 heavy (non-hydrogen) atoms. The fraction of sp³-hybridized carbons (Fsp3) is 0.600. The summed E-state index contributed by atoms with van der Waals surface area (Å²) in [6, 6.07) is 7.18. The van der Waals surface area contributed by atoms with Gasteiger partial charge in [-0.15, -0.1) is 0 Å². The molecule has 0 atom stereocenters. The topological polar surface area (TPSA) is 21.3 Å². The van der Waals surface area contributed by atoms with Crippen molar-refractivity contribution in [2.75, 3.05) is 13.7 Å². The molecular formula is C15H23NO. The fourth-order valence-corrected chi connectivity index (χ4v) is 2.13. The second-order valence-electron chi connectivity index (χ2n) is 5.74. The first kappa shape index (κ1) is 12.4. The number of nitrogens with one attached hydrogen (secondary N) is 1. The van der Waals surface area contributed by atoms with Crippen LogP contribution in [0, 0.1) is 6.92 Å². The molecule has 0 saturated heterocycles.